The van der Waals surface area contributed by atoms with Crippen LogP contribution in [-0.2, 0) is 4.65 Å². The fourth-order valence-corrected chi connectivity index (χ4v) is 1.45. The summed E-state index contributed by atoms with van der Waals surface area (Å²) in [7, 11) is -1.45. The number of hydrogen-bond acceptors (Lipinski definition) is 5. The summed E-state index contributed by atoms with van der Waals surface area (Å²) in [6, 6.07) is 11.9. The molecule has 0 aliphatic heterocycles. The first-order valence-corrected chi connectivity index (χ1v) is 5.69. The second kappa shape index (κ2) is 6.02. The topological polar surface area (TPSA) is 68.7 Å². The highest BCUT2D eigenvalue weighted by Gasteiger charge is 2.24. The second-order valence-corrected chi connectivity index (χ2v) is 3.89. The number of para-hydroxylation sites is 1. The molecule has 1 N–H and O–H groups in total. The van der Waals surface area contributed by atoms with E-state index in [1.54, 1.807) is 42.5 Å². The molecule has 2 rings (SSSR count). The molecular formula is C13H12BNO4. The molecule has 0 saturated carbocycles. The highest BCUT2D eigenvalue weighted by molar-refractivity contribution is 6.60. The highest BCUT2D eigenvalue weighted by Crippen LogP contribution is 2.09. The van der Waals surface area contributed by atoms with Crippen LogP contribution in [-0.4, -0.2) is 23.3 Å². The standard InChI is InChI=1S/C13H12BNO4/c1-10-7-8-15-12(9-10)14(17)19-13(16)18-11-5-3-2-4-6-11/h2-9,17H,1H3. The summed E-state index contributed by atoms with van der Waals surface area (Å²) < 4.78 is 9.62. The average Bonchev–Trinajstić information content (AvgIpc) is 2.39. The van der Waals surface area contributed by atoms with Crippen molar-refractivity contribution >= 4 is 18.9 Å². The fourth-order valence-electron chi connectivity index (χ4n) is 1.45. The lowest BCUT2D eigenvalue weighted by atomic mass is 9.84. The van der Waals surface area contributed by atoms with E-state index in [4.69, 9.17) is 9.39 Å². The Morgan fingerprint density at radius 3 is 2.68 bits per heavy atom. The van der Waals surface area contributed by atoms with Gasteiger partial charge >= 0.3 is 13.3 Å². The molecular weight excluding hydrogens is 245 g/mol. The van der Waals surface area contributed by atoms with Gasteiger partial charge in [-0.15, -0.1) is 0 Å². The van der Waals surface area contributed by atoms with Gasteiger partial charge in [0.15, 0.2) is 0 Å². The molecule has 0 unspecified atom stereocenters. The fraction of sp³-hybridized carbons (Fsp3) is 0.0769. The number of ether oxygens (including phenoxy) is 1. The van der Waals surface area contributed by atoms with Crippen LogP contribution in [0.15, 0.2) is 48.7 Å². The van der Waals surface area contributed by atoms with Gasteiger partial charge in [0.1, 0.15) is 5.75 Å². The van der Waals surface area contributed by atoms with Gasteiger partial charge in [0.2, 0.25) is 0 Å². The molecule has 1 aromatic heterocycles. The average molecular weight is 257 g/mol. The zero-order valence-corrected chi connectivity index (χ0v) is 10.3. The van der Waals surface area contributed by atoms with Crippen LogP contribution in [0.2, 0.25) is 0 Å². The minimum atomic E-state index is -1.45. The molecule has 6 heteroatoms. The Kier molecular flexibility index (Phi) is 4.15. The van der Waals surface area contributed by atoms with Gasteiger partial charge in [-0.25, -0.2) is 4.79 Å². The zero-order chi connectivity index (χ0) is 13.7. The molecule has 0 radical (unpaired) electrons. The summed E-state index contributed by atoms with van der Waals surface area (Å²) in [5.74, 6) is 0.344. The van der Waals surface area contributed by atoms with E-state index in [0.717, 1.165) is 5.56 Å². The molecule has 2 aromatic rings. The summed E-state index contributed by atoms with van der Waals surface area (Å²) in [6.45, 7) is 1.85. The second-order valence-electron chi connectivity index (χ2n) is 3.89. The van der Waals surface area contributed by atoms with Crippen LogP contribution in [0, 0.1) is 6.92 Å². The monoisotopic (exact) mass is 257 g/mol. The number of hydrogen-bond donors (Lipinski definition) is 1. The molecule has 0 spiro atoms. The number of aryl methyl sites for hydroxylation is 1. The lowest BCUT2D eigenvalue weighted by molar-refractivity contribution is 0.145. The van der Waals surface area contributed by atoms with Gasteiger partial charge in [-0.3, -0.25) is 4.98 Å². The number of rotatable bonds is 3. The van der Waals surface area contributed by atoms with Crippen molar-refractivity contribution in [1.29, 1.82) is 0 Å². The van der Waals surface area contributed by atoms with Crippen molar-refractivity contribution in [2.24, 2.45) is 0 Å². The number of carbonyl (C=O) groups excluding carboxylic acids is 1. The lowest BCUT2D eigenvalue weighted by Gasteiger charge is -2.08. The van der Waals surface area contributed by atoms with Crippen molar-refractivity contribution in [2.75, 3.05) is 0 Å². The molecule has 0 amide bonds. The van der Waals surface area contributed by atoms with Crippen LogP contribution < -0.4 is 10.3 Å². The van der Waals surface area contributed by atoms with Gasteiger partial charge in [0.05, 0.1) is 5.59 Å². The minimum absolute atomic E-state index is 0.255. The maximum Gasteiger partial charge on any atom is 0.584 e. The number of benzene rings is 1. The Morgan fingerprint density at radius 1 is 1.26 bits per heavy atom. The summed E-state index contributed by atoms with van der Waals surface area (Å²) >= 11 is 0. The molecule has 19 heavy (non-hydrogen) atoms. The zero-order valence-electron chi connectivity index (χ0n) is 10.3. The van der Waals surface area contributed by atoms with E-state index >= 15 is 0 Å². The first-order chi connectivity index (χ1) is 9.15. The van der Waals surface area contributed by atoms with Crippen molar-refractivity contribution < 1.29 is 19.2 Å². The molecule has 0 saturated heterocycles. The van der Waals surface area contributed by atoms with Gasteiger partial charge in [-0.2, -0.15) is 0 Å². The SMILES string of the molecule is Cc1ccnc(B(O)OC(=O)Oc2ccccc2)c1. The van der Waals surface area contributed by atoms with Gasteiger partial charge in [-0.05, 0) is 36.8 Å². The van der Waals surface area contributed by atoms with E-state index < -0.39 is 13.3 Å². The van der Waals surface area contributed by atoms with Crippen LogP contribution in [0.1, 0.15) is 5.56 Å². The number of pyridine rings is 1. The third-order valence-electron chi connectivity index (χ3n) is 2.34. The van der Waals surface area contributed by atoms with E-state index in [0.29, 0.717) is 5.75 Å². The quantitative estimate of drug-likeness (QED) is 0.509. The molecule has 96 valence electrons. The number of nitrogens with zero attached hydrogens (tertiary/aromatic N) is 1. The molecule has 0 aliphatic rings. The van der Waals surface area contributed by atoms with Gasteiger partial charge < -0.3 is 14.4 Å². The predicted molar refractivity (Wildman–Crippen MR) is 70.1 cm³/mol. The van der Waals surface area contributed by atoms with E-state index in [2.05, 4.69) is 4.98 Å². The van der Waals surface area contributed by atoms with Crippen molar-refractivity contribution in [3.05, 3.63) is 54.2 Å². The Bertz CT molecular complexity index is 562. The van der Waals surface area contributed by atoms with E-state index in [1.807, 2.05) is 6.92 Å². The molecule has 5 nitrogen and oxygen atoms in total. The molecule has 0 aliphatic carbocycles. The predicted octanol–water partition coefficient (Wildman–Crippen LogP) is 1.29. The van der Waals surface area contributed by atoms with Crippen LogP contribution in [0.25, 0.3) is 0 Å². The van der Waals surface area contributed by atoms with Crippen LogP contribution in [0.3, 0.4) is 0 Å². The van der Waals surface area contributed by atoms with Crippen molar-refractivity contribution in [1.82, 2.24) is 4.98 Å². The first-order valence-electron chi connectivity index (χ1n) is 5.69. The Balaban J connectivity index is 1.95. The summed E-state index contributed by atoms with van der Waals surface area (Å²) in [6.07, 6.45) is 0.543. The molecule has 1 aromatic carbocycles. The van der Waals surface area contributed by atoms with Crippen LogP contribution >= 0.6 is 0 Å². The number of carbonyl (C=O) groups is 1. The van der Waals surface area contributed by atoms with Crippen LogP contribution in [0.5, 0.6) is 5.75 Å². The van der Waals surface area contributed by atoms with Gasteiger partial charge in [0.25, 0.3) is 0 Å². The third kappa shape index (κ3) is 3.82. The van der Waals surface area contributed by atoms with Crippen molar-refractivity contribution in [2.45, 2.75) is 6.92 Å². The lowest BCUT2D eigenvalue weighted by Crippen LogP contribution is -2.38. The summed E-state index contributed by atoms with van der Waals surface area (Å²) in [5, 5.41) is 9.71. The van der Waals surface area contributed by atoms with Crippen LogP contribution in [0.4, 0.5) is 4.79 Å². The van der Waals surface area contributed by atoms with E-state index in [9.17, 15) is 9.82 Å². The Hall–Kier alpha value is -2.34. The van der Waals surface area contributed by atoms with Gasteiger partial charge in [-0.1, -0.05) is 18.2 Å². The molecule has 0 fully saturated rings. The van der Waals surface area contributed by atoms with Gasteiger partial charge in [0, 0.05) is 6.20 Å². The van der Waals surface area contributed by atoms with E-state index in [-0.39, 0.29) is 5.59 Å². The number of aromatic nitrogens is 1. The summed E-state index contributed by atoms with van der Waals surface area (Å²) in [5.41, 5.74) is 1.16. The minimum Gasteiger partial charge on any atom is -0.472 e. The highest BCUT2D eigenvalue weighted by atomic mass is 16.7. The Labute approximate surface area is 111 Å². The van der Waals surface area contributed by atoms with Crippen molar-refractivity contribution in [3.63, 3.8) is 0 Å². The largest absolute Gasteiger partial charge is 0.584 e. The smallest absolute Gasteiger partial charge is 0.472 e. The molecule has 0 bridgehead atoms. The van der Waals surface area contributed by atoms with E-state index in [1.165, 1.54) is 6.20 Å². The molecule has 0 atom stereocenters. The Morgan fingerprint density at radius 2 is 2.00 bits per heavy atom. The first kappa shape index (κ1) is 13.1. The summed E-state index contributed by atoms with van der Waals surface area (Å²) in [4.78, 5) is 15.4. The maximum atomic E-state index is 11.4. The normalized spacial score (nSPS) is 9.79. The van der Waals surface area contributed by atoms with Crippen molar-refractivity contribution in [3.8, 4) is 5.75 Å². The maximum absolute atomic E-state index is 11.4. The third-order valence-corrected chi connectivity index (χ3v) is 2.34. The molecule has 1 heterocycles.